The zero-order valence-corrected chi connectivity index (χ0v) is 12.6. The van der Waals surface area contributed by atoms with Crippen LogP contribution in [0.3, 0.4) is 0 Å². The molecule has 0 spiro atoms. The van der Waals surface area contributed by atoms with E-state index < -0.39 is 6.10 Å². The van der Waals surface area contributed by atoms with E-state index in [4.69, 9.17) is 0 Å². The van der Waals surface area contributed by atoms with Crippen LogP contribution in [0, 0.1) is 5.82 Å². The van der Waals surface area contributed by atoms with Crippen molar-refractivity contribution in [1.82, 2.24) is 14.7 Å². The minimum Gasteiger partial charge on any atom is -0.387 e. The molecule has 0 radical (unpaired) electrons. The number of piperidine rings is 1. The molecule has 2 atom stereocenters. The van der Waals surface area contributed by atoms with Gasteiger partial charge in [-0.05, 0) is 31.5 Å². The Bertz CT molecular complexity index is 587. The standard InChI is InChI=1S/C17H22FN3O/c18-16-8-2-1-7-15(16)17(22)13-20-10-4-3-6-14(20)12-21-11-5-9-19-21/h1-2,5,7-9,11,14,17,22H,3-4,6,10,12-13H2/t14-,17+/m1/s1. The minimum atomic E-state index is -0.792. The number of benzene rings is 1. The number of aromatic nitrogens is 2. The molecule has 0 amide bonds. The van der Waals surface area contributed by atoms with E-state index in [2.05, 4.69) is 10.00 Å². The molecule has 0 bridgehead atoms. The predicted octanol–water partition coefficient (Wildman–Crippen LogP) is 2.61. The first kappa shape index (κ1) is 15.2. The lowest BCUT2D eigenvalue weighted by Crippen LogP contribution is -2.44. The van der Waals surface area contributed by atoms with Crippen molar-refractivity contribution in [2.24, 2.45) is 0 Å². The highest BCUT2D eigenvalue weighted by molar-refractivity contribution is 5.20. The van der Waals surface area contributed by atoms with E-state index in [-0.39, 0.29) is 5.82 Å². The van der Waals surface area contributed by atoms with Crippen LogP contribution in [0.2, 0.25) is 0 Å². The molecule has 0 unspecified atom stereocenters. The van der Waals surface area contributed by atoms with Gasteiger partial charge in [0.2, 0.25) is 0 Å². The number of nitrogens with zero attached hydrogens (tertiary/aromatic N) is 3. The first-order valence-electron chi connectivity index (χ1n) is 7.88. The molecule has 4 nitrogen and oxygen atoms in total. The van der Waals surface area contributed by atoms with E-state index >= 15 is 0 Å². The summed E-state index contributed by atoms with van der Waals surface area (Å²) in [5, 5.41) is 14.7. The molecule has 118 valence electrons. The van der Waals surface area contributed by atoms with Crippen LogP contribution >= 0.6 is 0 Å². The van der Waals surface area contributed by atoms with Crippen LogP contribution in [0.25, 0.3) is 0 Å². The van der Waals surface area contributed by atoms with Crippen LogP contribution in [-0.2, 0) is 6.54 Å². The van der Waals surface area contributed by atoms with E-state index in [0.29, 0.717) is 18.2 Å². The van der Waals surface area contributed by atoms with Gasteiger partial charge >= 0.3 is 0 Å². The van der Waals surface area contributed by atoms with Gasteiger partial charge in [0.25, 0.3) is 0 Å². The fourth-order valence-corrected chi connectivity index (χ4v) is 3.20. The summed E-state index contributed by atoms with van der Waals surface area (Å²) in [5.41, 5.74) is 0.380. The number of β-amino-alcohol motifs (C(OH)–C–C–N with tert-alkyl or cyclic N) is 1. The van der Waals surface area contributed by atoms with Crippen LogP contribution in [-0.4, -0.2) is 38.9 Å². The van der Waals surface area contributed by atoms with Crippen LogP contribution < -0.4 is 0 Å². The van der Waals surface area contributed by atoms with Crippen molar-refractivity contribution in [3.8, 4) is 0 Å². The molecule has 1 aromatic heterocycles. The Morgan fingerprint density at radius 3 is 2.91 bits per heavy atom. The second-order valence-electron chi connectivity index (χ2n) is 5.91. The summed E-state index contributed by atoms with van der Waals surface area (Å²) in [7, 11) is 0. The molecule has 2 aromatic rings. The van der Waals surface area contributed by atoms with Crippen molar-refractivity contribution in [2.45, 2.75) is 38.0 Å². The van der Waals surface area contributed by atoms with Gasteiger partial charge in [0.15, 0.2) is 0 Å². The van der Waals surface area contributed by atoms with Crippen LogP contribution in [0.4, 0.5) is 4.39 Å². The molecule has 2 heterocycles. The lowest BCUT2D eigenvalue weighted by atomic mass is 10.00. The summed E-state index contributed by atoms with van der Waals surface area (Å²) in [5.74, 6) is -0.337. The van der Waals surface area contributed by atoms with Crippen LogP contribution in [0.5, 0.6) is 0 Å². The maximum atomic E-state index is 13.8. The van der Waals surface area contributed by atoms with Gasteiger partial charge in [-0.2, -0.15) is 5.10 Å². The maximum absolute atomic E-state index is 13.8. The number of aliphatic hydroxyl groups excluding tert-OH is 1. The first-order chi connectivity index (χ1) is 10.7. The molecule has 0 saturated carbocycles. The second-order valence-corrected chi connectivity index (χ2v) is 5.91. The zero-order chi connectivity index (χ0) is 15.4. The summed E-state index contributed by atoms with van der Waals surface area (Å²) in [4.78, 5) is 2.27. The number of hydrogen-bond donors (Lipinski definition) is 1. The fourth-order valence-electron chi connectivity index (χ4n) is 3.20. The Balaban J connectivity index is 1.67. The second kappa shape index (κ2) is 7.03. The maximum Gasteiger partial charge on any atom is 0.129 e. The SMILES string of the molecule is O[C@@H](CN1CCCC[C@@H]1Cn1cccn1)c1ccccc1F. The minimum absolute atomic E-state index is 0.337. The first-order valence-corrected chi connectivity index (χ1v) is 7.88. The molecule has 1 aliphatic heterocycles. The zero-order valence-electron chi connectivity index (χ0n) is 12.6. The van der Waals surface area contributed by atoms with Gasteiger partial charge < -0.3 is 5.11 Å². The van der Waals surface area contributed by atoms with Gasteiger partial charge in [-0.25, -0.2) is 4.39 Å². The molecule has 22 heavy (non-hydrogen) atoms. The average Bonchev–Trinajstić information content (AvgIpc) is 3.02. The third-order valence-corrected chi connectivity index (χ3v) is 4.38. The van der Waals surface area contributed by atoms with E-state index in [1.807, 2.05) is 16.9 Å². The molecular weight excluding hydrogens is 281 g/mol. The highest BCUT2D eigenvalue weighted by Gasteiger charge is 2.26. The fraction of sp³-hybridized carbons (Fsp3) is 0.471. The van der Waals surface area contributed by atoms with Crippen molar-refractivity contribution in [1.29, 1.82) is 0 Å². The molecule has 1 saturated heterocycles. The van der Waals surface area contributed by atoms with E-state index in [1.54, 1.807) is 24.4 Å². The van der Waals surface area contributed by atoms with E-state index in [1.165, 1.54) is 12.5 Å². The number of likely N-dealkylation sites (tertiary alicyclic amines) is 1. The quantitative estimate of drug-likeness (QED) is 0.923. The van der Waals surface area contributed by atoms with Crippen molar-refractivity contribution in [3.05, 3.63) is 54.1 Å². The van der Waals surface area contributed by atoms with Gasteiger partial charge in [0.1, 0.15) is 5.82 Å². The van der Waals surface area contributed by atoms with Crippen LogP contribution in [0.15, 0.2) is 42.7 Å². The molecule has 1 aromatic carbocycles. The molecule has 0 aliphatic carbocycles. The Morgan fingerprint density at radius 2 is 2.14 bits per heavy atom. The van der Waals surface area contributed by atoms with Gasteiger partial charge in [-0.1, -0.05) is 24.6 Å². The largest absolute Gasteiger partial charge is 0.387 e. The summed E-state index contributed by atoms with van der Waals surface area (Å²) >= 11 is 0. The number of aliphatic hydroxyl groups is 1. The Morgan fingerprint density at radius 1 is 1.27 bits per heavy atom. The highest BCUT2D eigenvalue weighted by atomic mass is 19.1. The van der Waals surface area contributed by atoms with E-state index in [9.17, 15) is 9.50 Å². The molecular formula is C17H22FN3O. The summed E-state index contributed by atoms with van der Waals surface area (Å²) in [6, 6.07) is 8.73. The van der Waals surface area contributed by atoms with Crippen molar-refractivity contribution in [2.75, 3.05) is 13.1 Å². The highest BCUT2D eigenvalue weighted by Crippen LogP contribution is 2.23. The normalized spacial score (nSPS) is 20.9. The molecule has 1 aliphatic rings. The summed E-state index contributed by atoms with van der Waals surface area (Å²) < 4.78 is 15.7. The smallest absolute Gasteiger partial charge is 0.129 e. The summed E-state index contributed by atoms with van der Waals surface area (Å²) in [6.07, 6.45) is 6.35. The third-order valence-electron chi connectivity index (χ3n) is 4.38. The Labute approximate surface area is 130 Å². The molecule has 1 N–H and O–H groups in total. The molecule has 3 rings (SSSR count). The monoisotopic (exact) mass is 303 g/mol. The van der Waals surface area contributed by atoms with E-state index in [0.717, 1.165) is 25.9 Å². The molecule has 1 fully saturated rings. The Kier molecular flexibility index (Phi) is 4.85. The van der Waals surface area contributed by atoms with Crippen molar-refractivity contribution >= 4 is 0 Å². The van der Waals surface area contributed by atoms with Gasteiger partial charge in [0, 0.05) is 30.5 Å². The van der Waals surface area contributed by atoms with Gasteiger partial charge in [-0.15, -0.1) is 0 Å². The Hall–Kier alpha value is -1.72. The lowest BCUT2D eigenvalue weighted by molar-refractivity contribution is 0.0575. The van der Waals surface area contributed by atoms with Crippen LogP contribution in [0.1, 0.15) is 30.9 Å². The molecule has 5 heteroatoms. The number of rotatable bonds is 5. The third kappa shape index (κ3) is 3.54. The van der Waals surface area contributed by atoms with Gasteiger partial charge in [0.05, 0.1) is 12.6 Å². The number of halogens is 1. The van der Waals surface area contributed by atoms with Gasteiger partial charge in [-0.3, -0.25) is 9.58 Å². The van der Waals surface area contributed by atoms with Crippen molar-refractivity contribution < 1.29 is 9.50 Å². The summed E-state index contributed by atoms with van der Waals surface area (Å²) in [6.45, 7) is 2.22. The average molecular weight is 303 g/mol. The predicted molar refractivity (Wildman–Crippen MR) is 82.8 cm³/mol. The number of hydrogen-bond acceptors (Lipinski definition) is 3. The van der Waals surface area contributed by atoms with Crippen molar-refractivity contribution in [3.63, 3.8) is 0 Å². The lowest BCUT2D eigenvalue weighted by Gasteiger charge is -2.37. The topological polar surface area (TPSA) is 41.3 Å².